The van der Waals surface area contributed by atoms with E-state index in [1.54, 1.807) is 12.5 Å². The first-order chi connectivity index (χ1) is 7.50. The molecule has 1 rings (SSSR count). The van der Waals surface area contributed by atoms with Crippen LogP contribution in [-0.2, 0) is 0 Å². The number of aromatic nitrogens is 2. The third kappa shape index (κ3) is 3.68. The van der Waals surface area contributed by atoms with Crippen molar-refractivity contribution in [1.29, 1.82) is 0 Å². The molecule has 1 heterocycles. The van der Waals surface area contributed by atoms with Gasteiger partial charge in [-0.1, -0.05) is 27.7 Å². The highest BCUT2D eigenvalue weighted by Gasteiger charge is 2.14. The van der Waals surface area contributed by atoms with Gasteiger partial charge in [0.05, 0.1) is 11.9 Å². The number of hydrogen-bond acceptors (Lipinski definition) is 4. The fourth-order valence-corrected chi connectivity index (χ4v) is 1.73. The molecule has 0 fully saturated rings. The monoisotopic (exact) mass is 222 g/mol. The summed E-state index contributed by atoms with van der Waals surface area (Å²) in [5.41, 5.74) is 6.56. The van der Waals surface area contributed by atoms with Crippen molar-refractivity contribution in [3.05, 3.63) is 12.5 Å². The van der Waals surface area contributed by atoms with Crippen molar-refractivity contribution in [2.45, 2.75) is 27.7 Å². The maximum absolute atomic E-state index is 5.91. The van der Waals surface area contributed by atoms with Crippen LogP contribution < -0.4 is 10.6 Å². The highest BCUT2D eigenvalue weighted by Crippen LogP contribution is 2.20. The minimum atomic E-state index is 0.591. The molecule has 0 atom stereocenters. The SMILES string of the molecule is CC(C)CN(CC(C)C)c1ncncc1N. The van der Waals surface area contributed by atoms with Crippen molar-refractivity contribution >= 4 is 11.5 Å². The highest BCUT2D eigenvalue weighted by molar-refractivity contribution is 5.60. The molecule has 16 heavy (non-hydrogen) atoms. The number of nitrogen functional groups attached to an aromatic ring is 1. The summed E-state index contributed by atoms with van der Waals surface area (Å²) in [5, 5.41) is 0. The Kier molecular flexibility index (Phi) is 4.52. The number of hydrogen-bond donors (Lipinski definition) is 1. The van der Waals surface area contributed by atoms with E-state index in [1.165, 1.54) is 0 Å². The lowest BCUT2D eigenvalue weighted by Crippen LogP contribution is -2.32. The van der Waals surface area contributed by atoms with Gasteiger partial charge in [-0.2, -0.15) is 0 Å². The zero-order chi connectivity index (χ0) is 12.1. The first-order valence-electron chi connectivity index (χ1n) is 5.81. The minimum absolute atomic E-state index is 0.591. The van der Waals surface area contributed by atoms with Crippen LogP contribution in [0.5, 0.6) is 0 Å². The second kappa shape index (κ2) is 5.68. The maximum atomic E-state index is 5.91. The van der Waals surface area contributed by atoms with Gasteiger partial charge in [0, 0.05) is 13.1 Å². The Morgan fingerprint density at radius 2 is 1.75 bits per heavy atom. The molecule has 0 spiro atoms. The summed E-state index contributed by atoms with van der Waals surface area (Å²) in [4.78, 5) is 10.4. The van der Waals surface area contributed by atoms with E-state index in [-0.39, 0.29) is 0 Å². The molecule has 0 radical (unpaired) electrons. The first-order valence-corrected chi connectivity index (χ1v) is 5.81. The Bertz CT molecular complexity index is 313. The fourth-order valence-electron chi connectivity index (χ4n) is 1.73. The lowest BCUT2D eigenvalue weighted by atomic mass is 10.1. The van der Waals surface area contributed by atoms with E-state index in [2.05, 4.69) is 42.6 Å². The van der Waals surface area contributed by atoms with Gasteiger partial charge in [-0.3, -0.25) is 0 Å². The molecule has 0 aliphatic rings. The molecule has 0 amide bonds. The molecule has 0 aliphatic carbocycles. The van der Waals surface area contributed by atoms with Crippen LogP contribution >= 0.6 is 0 Å². The van der Waals surface area contributed by atoms with E-state index >= 15 is 0 Å². The third-order valence-corrected chi connectivity index (χ3v) is 2.19. The molecule has 0 saturated carbocycles. The number of anilines is 2. The molecule has 0 aliphatic heterocycles. The zero-order valence-corrected chi connectivity index (χ0v) is 10.6. The van der Waals surface area contributed by atoms with Crippen molar-refractivity contribution in [3.8, 4) is 0 Å². The quantitative estimate of drug-likeness (QED) is 0.829. The molecule has 0 aromatic carbocycles. The molecule has 0 unspecified atom stereocenters. The van der Waals surface area contributed by atoms with Gasteiger partial charge in [0.15, 0.2) is 5.82 Å². The summed E-state index contributed by atoms with van der Waals surface area (Å²) >= 11 is 0. The molecule has 4 nitrogen and oxygen atoms in total. The molecule has 1 aromatic heterocycles. The van der Waals surface area contributed by atoms with Crippen LogP contribution in [0.1, 0.15) is 27.7 Å². The lowest BCUT2D eigenvalue weighted by molar-refractivity contribution is 0.549. The van der Waals surface area contributed by atoms with Gasteiger partial charge in [0.1, 0.15) is 6.33 Å². The molecule has 90 valence electrons. The van der Waals surface area contributed by atoms with E-state index in [4.69, 9.17) is 5.73 Å². The van der Waals surface area contributed by atoms with Crippen LogP contribution in [0.4, 0.5) is 11.5 Å². The highest BCUT2D eigenvalue weighted by atomic mass is 15.2. The van der Waals surface area contributed by atoms with Gasteiger partial charge < -0.3 is 10.6 Å². The molecule has 4 heteroatoms. The van der Waals surface area contributed by atoms with E-state index < -0.39 is 0 Å². The molecular weight excluding hydrogens is 200 g/mol. The summed E-state index contributed by atoms with van der Waals surface area (Å²) in [5.74, 6) is 2.04. The van der Waals surface area contributed by atoms with Crippen molar-refractivity contribution in [2.75, 3.05) is 23.7 Å². The van der Waals surface area contributed by atoms with Gasteiger partial charge >= 0.3 is 0 Å². The summed E-state index contributed by atoms with van der Waals surface area (Å²) in [6.07, 6.45) is 3.22. The summed E-state index contributed by atoms with van der Waals surface area (Å²) in [6.45, 7) is 10.7. The van der Waals surface area contributed by atoms with Gasteiger partial charge in [-0.25, -0.2) is 9.97 Å². The van der Waals surface area contributed by atoms with E-state index in [9.17, 15) is 0 Å². The Hall–Kier alpha value is -1.32. The topological polar surface area (TPSA) is 55.0 Å². The normalized spacial score (nSPS) is 11.1. The first kappa shape index (κ1) is 12.7. The fraction of sp³-hybridized carbons (Fsp3) is 0.667. The largest absolute Gasteiger partial charge is 0.394 e. The van der Waals surface area contributed by atoms with Crippen molar-refractivity contribution < 1.29 is 0 Å². The molecular formula is C12H22N4. The summed E-state index contributed by atoms with van der Waals surface area (Å²) in [7, 11) is 0. The van der Waals surface area contributed by atoms with Gasteiger partial charge in [-0.05, 0) is 11.8 Å². The molecule has 0 saturated heterocycles. The summed E-state index contributed by atoms with van der Waals surface area (Å²) < 4.78 is 0. The average molecular weight is 222 g/mol. The van der Waals surface area contributed by atoms with Crippen molar-refractivity contribution in [2.24, 2.45) is 11.8 Å². The standard InChI is InChI=1S/C12H22N4/c1-9(2)6-16(7-10(3)4)12-11(13)5-14-8-15-12/h5,8-10H,6-7,13H2,1-4H3. The van der Waals surface area contributed by atoms with Gasteiger partial charge in [-0.15, -0.1) is 0 Å². The predicted molar refractivity (Wildman–Crippen MR) is 68.3 cm³/mol. The van der Waals surface area contributed by atoms with Crippen LogP contribution in [0.15, 0.2) is 12.5 Å². The van der Waals surface area contributed by atoms with Gasteiger partial charge in [0.2, 0.25) is 0 Å². The van der Waals surface area contributed by atoms with E-state index in [0.717, 1.165) is 18.9 Å². The Balaban J connectivity index is 2.87. The van der Waals surface area contributed by atoms with Crippen LogP contribution in [0.3, 0.4) is 0 Å². The van der Waals surface area contributed by atoms with E-state index in [1.807, 2.05) is 0 Å². The Morgan fingerprint density at radius 3 is 2.19 bits per heavy atom. The van der Waals surface area contributed by atoms with Crippen LogP contribution in [0.25, 0.3) is 0 Å². The number of nitrogens with two attached hydrogens (primary N) is 1. The average Bonchev–Trinajstić information content (AvgIpc) is 2.15. The van der Waals surface area contributed by atoms with Crippen LogP contribution in [0, 0.1) is 11.8 Å². The predicted octanol–water partition coefficient (Wildman–Crippen LogP) is 2.18. The summed E-state index contributed by atoms with van der Waals surface area (Å²) in [6, 6.07) is 0. The Labute approximate surface area is 97.9 Å². The second-order valence-corrected chi connectivity index (χ2v) is 4.99. The molecule has 2 N–H and O–H groups in total. The number of rotatable bonds is 5. The van der Waals surface area contributed by atoms with Crippen molar-refractivity contribution in [1.82, 2.24) is 9.97 Å². The molecule has 1 aromatic rings. The van der Waals surface area contributed by atoms with Crippen molar-refractivity contribution in [3.63, 3.8) is 0 Å². The molecule has 0 bridgehead atoms. The Morgan fingerprint density at radius 1 is 1.19 bits per heavy atom. The minimum Gasteiger partial charge on any atom is -0.394 e. The lowest BCUT2D eigenvalue weighted by Gasteiger charge is -2.28. The van der Waals surface area contributed by atoms with Gasteiger partial charge in [0.25, 0.3) is 0 Å². The van der Waals surface area contributed by atoms with Crippen LogP contribution in [-0.4, -0.2) is 23.1 Å². The smallest absolute Gasteiger partial charge is 0.155 e. The van der Waals surface area contributed by atoms with E-state index in [0.29, 0.717) is 17.5 Å². The second-order valence-electron chi connectivity index (χ2n) is 4.99. The maximum Gasteiger partial charge on any atom is 0.155 e. The third-order valence-electron chi connectivity index (χ3n) is 2.19. The van der Waals surface area contributed by atoms with Crippen LogP contribution in [0.2, 0.25) is 0 Å². The zero-order valence-electron chi connectivity index (χ0n) is 10.6. The number of nitrogens with zero attached hydrogens (tertiary/aromatic N) is 3.